The molecule has 1 atom stereocenters. The Kier molecular flexibility index (Phi) is 3.31. The Hall–Kier alpha value is -0.650. The number of hydrogen-bond acceptors (Lipinski definition) is 5. The zero-order chi connectivity index (χ0) is 13.6. The summed E-state index contributed by atoms with van der Waals surface area (Å²) in [6.07, 6.45) is 2.70. The number of aliphatic hydroxyl groups excluding tert-OH is 1. The number of likely N-dealkylation sites (N-methyl/N-ethyl adjacent to an activating group) is 1. The first-order valence-electron chi connectivity index (χ1n) is 7.11. The molecule has 0 amide bonds. The van der Waals surface area contributed by atoms with Crippen molar-refractivity contribution in [1.29, 1.82) is 0 Å². The van der Waals surface area contributed by atoms with E-state index in [-0.39, 0.29) is 11.6 Å². The number of piperazine rings is 1. The van der Waals surface area contributed by atoms with Gasteiger partial charge in [0, 0.05) is 30.1 Å². The molecule has 106 valence electrons. The van der Waals surface area contributed by atoms with E-state index in [1.54, 1.807) is 11.3 Å². The smallest absolute Gasteiger partial charge is 0.185 e. The average Bonchev–Trinajstić information content (AvgIpc) is 2.78. The van der Waals surface area contributed by atoms with Gasteiger partial charge in [-0.2, -0.15) is 0 Å². The fraction of sp³-hybridized carbons (Fsp3) is 0.786. The maximum atomic E-state index is 10.0. The highest BCUT2D eigenvalue weighted by atomic mass is 32.1. The quantitative estimate of drug-likeness (QED) is 0.855. The van der Waals surface area contributed by atoms with Crippen LogP contribution in [0.5, 0.6) is 0 Å². The van der Waals surface area contributed by atoms with Crippen molar-refractivity contribution >= 4 is 16.5 Å². The third kappa shape index (κ3) is 2.39. The van der Waals surface area contributed by atoms with Crippen LogP contribution in [-0.4, -0.2) is 47.2 Å². The number of hydrogen-bond donors (Lipinski definition) is 1. The van der Waals surface area contributed by atoms with E-state index < -0.39 is 0 Å². The van der Waals surface area contributed by atoms with Gasteiger partial charge in [-0.3, -0.25) is 4.90 Å². The first kappa shape index (κ1) is 13.3. The Morgan fingerprint density at radius 3 is 2.84 bits per heavy atom. The van der Waals surface area contributed by atoms with Gasteiger partial charge in [0.15, 0.2) is 5.13 Å². The van der Waals surface area contributed by atoms with Gasteiger partial charge in [-0.05, 0) is 40.2 Å². The highest BCUT2D eigenvalue weighted by Crippen LogP contribution is 2.37. The summed E-state index contributed by atoms with van der Waals surface area (Å²) < 4.78 is 0. The van der Waals surface area contributed by atoms with Crippen molar-refractivity contribution in [2.45, 2.75) is 44.8 Å². The summed E-state index contributed by atoms with van der Waals surface area (Å²) in [5, 5.41) is 11.1. The van der Waals surface area contributed by atoms with E-state index in [2.05, 4.69) is 30.7 Å². The van der Waals surface area contributed by atoms with Gasteiger partial charge < -0.3 is 10.0 Å². The number of rotatable bonds is 1. The second-order valence-electron chi connectivity index (χ2n) is 6.37. The van der Waals surface area contributed by atoms with Gasteiger partial charge in [0.05, 0.1) is 11.8 Å². The molecule has 1 fully saturated rings. The molecule has 1 aromatic heterocycles. The Morgan fingerprint density at radius 2 is 2.16 bits per heavy atom. The van der Waals surface area contributed by atoms with Crippen LogP contribution in [0.1, 0.15) is 43.4 Å². The summed E-state index contributed by atoms with van der Waals surface area (Å²) in [5.41, 5.74) is 1.13. The van der Waals surface area contributed by atoms with Crippen LogP contribution < -0.4 is 4.90 Å². The van der Waals surface area contributed by atoms with Gasteiger partial charge in [-0.15, -0.1) is 11.3 Å². The molecule has 0 aromatic carbocycles. The van der Waals surface area contributed by atoms with Crippen LogP contribution in [0, 0.1) is 0 Å². The average molecular weight is 281 g/mol. The molecule has 0 spiro atoms. The van der Waals surface area contributed by atoms with Crippen molar-refractivity contribution < 1.29 is 5.11 Å². The molecule has 1 unspecified atom stereocenters. The molecular formula is C14H23N3OS. The molecule has 19 heavy (non-hydrogen) atoms. The van der Waals surface area contributed by atoms with Crippen molar-refractivity contribution in [3.63, 3.8) is 0 Å². The summed E-state index contributed by atoms with van der Waals surface area (Å²) in [7, 11) is 2.19. The van der Waals surface area contributed by atoms with Gasteiger partial charge in [0.25, 0.3) is 0 Å². The molecule has 0 radical (unpaired) electrons. The topological polar surface area (TPSA) is 39.6 Å². The molecule has 2 aliphatic rings. The molecule has 1 saturated heterocycles. The predicted molar refractivity (Wildman–Crippen MR) is 78.9 cm³/mol. The molecule has 5 heteroatoms. The van der Waals surface area contributed by atoms with Crippen LogP contribution in [0.3, 0.4) is 0 Å². The van der Waals surface area contributed by atoms with Gasteiger partial charge in [-0.25, -0.2) is 4.98 Å². The Balaban J connectivity index is 1.83. The molecule has 3 rings (SSSR count). The van der Waals surface area contributed by atoms with E-state index in [9.17, 15) is 5.11 Å². The lowest BCUT2D eigenvalue weighted by molar-refractivity contribution is 0.138. The lowest BCUT2D eigenvalue weighted by Gasteiger charge is -2.45. The first-order valence-corrected chi connectivity index (χ1v) is 7.93. The lowest BCUT2D eigenvalue weighted by atomic mass is 10.00. The lowest BCUT2D eigenvalue weighted by Crippen LogP contribution is -2.57. The minimum absolute atomic E-state index is 0.184. The van der Waals surface area contributed by atoms with Crippen LogP contribution in [0.25, 0.3) is 0 Å². The molecule has 0 saturated carbocycles. The van der Waals surface area contributed by atoms with Gasteiger partial charge in [-0.1, -0.05) is 0 Å². The second kappa shape index (κ2) is 4.72. The third-order valence-electron chi connectivity index (χ3n) is 4.50. The highest BCUT2D eigenvalue weighted by Gasteiger charge is 2.33. The van der Waals surface area contributed by atoms with Crippen molar-refractivity contribution in [2.75, 3.05) is 31.6 Å². The summed E-state index contributed by atoms with van der Waals surface area (Å²) in [6.45, 7) is 7.66. The molecule has 1 aromatic rings. The second-order valence-corrected chi connectivity index (χ2v) is 7.43. The molecular weight excluding hydrogens is 258 g/mol. The Labute approximate surface area is 119 Å². The summed E-state index contributed by atoms with van der Waals surface area (Å²) in [5.74, 6) is 0. The van der Waals surface area contributed by atoms with Crippen LogP contribution in [0.4, 0.5) is 5.13 Å². The number of fused-ring (bicyclic) bond motifs is 1. The van der Waals surface area contributed by atoms with E-state index in [1.807, 2.05) is 0 Å². The summed E-state index contributed by atoms with van der Waals surface area (Å²) in [4.78, 5) is 10.8. The number of aromatic nitrogens is 1. The molecule has 4 nitrogen and oxygen atoms in total. The molecule has 1 N–H and O–H groups in total. The number of nitrogens with zero attached hydrogens (tertiary/aromatic N) is 3. The van der Waals surface area contributed by atoms with Crippen LogP contribution in [0.2, 0.25) is 0 Å². The minimum Gasteiger partial charge on any atom is -0.387 e. The maximum absolute atomic E-state index is 10.0. The van der Waals surface area contributed by atoms with Crippen LogP contribution >= 0.6 is 11.3 Å². The highest BCUT2D eigenvalue weighted by molar-refractivity contribution is 7.15. The zero-order valence-corrected chi connectivity index (χ0v) is 12.8. The van der Waals surface area contributed by atoms with Crippen molar-refractivity contribution in [2.24, 2.45) is 0 Å². The van der Waals surface area contributed by atoms with E-state index in [1.165, 1.54) is 4.88 Å². The zero-order valence-electron chi connectivity index (χ0n) is 12.0. The normalized spacial score (nSPS) is 27.4. The predicted octanol–water partition coefficient (Wildman–Crippen LogP) is 2.04. The Morgan fingerprint density at radius 1 is 1.37 bits per heavy atom. The standard InChI is InChI=1S/C14H23N3OS/c1-14(2)9-17(8-7-16(14)3)13-15-12-10(18)5-4-6-11(12)19-13/h10,18H,4-9H2,1-3H3. The van der Waals surface area contributed by atoms with Crippen LogP contribution in [-0.2, 0) is 6.42 Å². The number of anilines is 1. The van der Waals surface area contributed by atoms with E-state index in [4.69, 9.17) is 4.98 Å². The first-order chi connectivity index (χ1) is 8.97. The van der Waals surface area contributed by atoms with Crippen molar-refractivity contribution in [3.05, 3.63) is 10.6 Å². The molecule has 1 aliphatic heterocycles. The van der Waals surface area contributed by atoms with E-state index in [0.29, 0.717) is 0 Å². The van der Waals surface area contributed by atoms with E-state index >= 15 is 0 Å². The van der Waals surface area contributed by atoms with Crippen molar-refractivity contribution in [3.8, 4) is 0 Å². The van der Waals surface area contributed by atoms with Crippen molar-refractivity contribution in [1.82, 2.24) is 9.88 Å². The number of aliphatic hydroxyl groups is 1. The monoisotopic (exact) mass is 281 g/mol. The SMILES string of the molecule is CN1CCN(c2nc3c(s2)CCCC3O)CC1(C)C. The van der Waals surface area contributed by atoms with Gasteiger partial charge in [0.2, 0.25) is 0 Å². The third-order valence-corrected chi connectivity index (χ3v) is 5.69. The fourth-order valence-corrected chi connectivity index (χ4v) is 4.10. The fourth-order valence-electron chi connectivity index (χ4n) is 2.92. The Bertz CT molecular complexity index is 471. The van der Waals surface area contributed by atoms with E-state index in [0.717, 1.165) is 49.7 Å². The minimum atomic E-state index is -0.339. The number of thiazole rings is 1. The largest absolute Gasteiger partial charge is 0.387 e. The number of aryl methyl sites for hydroxylation is 1. The van der Waals surface area contributed by atoms with Crippen LogP contribution in [0.15, 0.2) is 0 Å². The summed E-state index contributed by atoms with van der Waals surface area (Å²) in [6, 6.07) is 0. The van der Waals surface area contributed by atoms with Gasteiger partial charge in [0.1, 0.15) is 0 Å². The maximum Gasteiger partial charge on any atom is 0.185 e. The molecule has 1 aliphatic carbocycles. The molecule has 0 bridgehead atoms. The summed E-state index contributed by atoms with van der Waals surface area (Å²) >= 11 is 1.78. The molecule has 2 heterocycles. The van der Waals surface area contributed by atoms with Gasteiger partial charge >= 0.3 is 0 Å².